The fourth-order valence-electron chi connectivity index (χ4n) is 3.86. The van der Waals surface area contributed by atoms with E-state index in [1.165, 1.54) is 5.56 Å². The number of carboxylic acid groups (broad SMARTS) is 2. The van der Waals surface area contributed by atoms with Gasteiger partial charge >= 0.3 is 11.9 Å². The minimum absolute atomic E-state index is 0.158. The van der Waals surface area contributed by atoms with Crippen LogP contribution < -0.4 is 4.90 Å². The van der Waals surface area contributed by atoms with Crippen molar-refractivity contribution in [2.75, 3.05) is 31.1 Å². The number of benzene rings is 3. The maximum Gasteiger partial charge on any atom is 0.414 e. The van der Waals surface area contributed by atoms with Crippen LogP contribution in [0.1, 0.15) is 24.7 Å². The third kappa shape index (κ3) is 6.54. The molecular formula is C26H27ClN2O5S. The van der Waals surface area contributed by atoms with E-state index >= 15 is 0 Å². The first-order valence-electron chi connectivity index (χ1n) is 11.2. The molecule has 0 saturated heterocycles. The summed E-state index contributed by atoms with van der Waals surface area (Å²) in [6.45, 7) is 7.04. The molecule has 0 unspecified atom stereocenters. The first kappa shape index (κ1) is 26.5. The predicted molar refractivity (Wildman–Crippen MR) is 139 cm³/mol. The first-order valence-corrected chi connectivity index (χ1v) is 12.4. The highest BCUT2D eigenvalue weighted by molar-refractivity contribution is 7.99. The molecule has 0 bridgehead atoms. The van der Waals surface area contributed by atoms with E-state index in [1.54, 1.807) is 0 Å². The molecule has 4 rings (SSSR count). The van der Waals surface area contributed by atoms with Gasteiger partial charge < -0.3 is 15.1 Å². The van der Waals surface area contributed by atoms with Gasteiger partial charge in [0.2, 0.25) is 5.91 Å². The number of halogens is 1. The molecule has 7 nitrogen and oxygen atoms in total. The third-order valence-electron chi connectivity index (χ3n) is 5.73. The number of thioether (sulfide) groups is 1. The second-order valence-corrected chi connectivity index (χ2v) is 9.55. The van der Waals surface area contributed by atoms with Gasteiger partial charge in [-0.2, -0.15) is 0 Å². The van der Waals surface area contributed by atoms with Gasteiger partial charge in [-0.3, -0.25) is 9.69 Å². The molecule has 1 aliphatic rings. The Morgan fingerprint density at radius 1 is 0.971 bits per heavy atom. The largest absolute Gasteiger partial charge is 0.473 e. The van der Waals surface area contributed by atoms with Crippen molar-refractivity contribution in [3.05, 3.63) is 71.2 Å². The number of aliphatic carboxylic acids is 2. The van der Waals surface area contributed by atoms with E-state index in [0.29, 0.717) is 13.1 Å². The summed E-state index contributed by atoms with van der Waals surface area (Å²) in [6, 6.07) is 20.6. The number of carbonyl (C=O) groups is 3. The van der Waals surface area contributed by atoms with Crippen molar-refractivity contribution in [3.8, 4) is 0 Å². The zero-order valence-electron chi connectivity index (χ0n) is 19.5. The van der Waals surface area contributed by atoms with E-state index in [-0.39, 0.29) is 11.2 Å². The summed E-state index contributed by atoms with van der Waals surface area (Å²) in [7, 11) is 0. The number of fused-ring (bicyclic) bond motifs is 3. The molecule has 35 heavy (non-hydrogen) atoms. The average Bonchev–Trinajstić information content (AvgIpc) is 2.87. The Kier molecular flexibility index (Phi) is 9.14. The highest BCUT2D eigenvalue weighted by atomic mass is 35.5. The lowest BCUT2D eigenvalue weighted by molar-refractivity contribution is -0.159. The number of carbonyl (C=O) groups excluding carboxylic acids is 1. The first-order chi connectivity index (χ1) is 16.7. The zero-order chi connectivity index (χ0) is 25.5. The molecule has 1 aliphatic heterocycles. The molecule has 1 heterocycles. The molecule has 3 aromatic rings. The lowest BCUT2D eigenvalue weighted by Gasteiger charge is -2.36. The standard InChI is InChI=1S/C24H25ClN2OS.C2H2O4/c1-3-26(4-2)16-23(28)27-15-22(18-9-12-19(25)13-10-18)29-21-14-11-17-7-5-6-8-20(17)24(21)27;3-1(4)2(5)6/h5-14,22H,3-4,15-16H2,1-2H3;(H,3,4)(H,5,6)/t22-;/m1./s1. The van der Waals surface area contributed by atoms with Crippen LogP contribution in [-0.4, -0.2) is 59.1 Å². The Morgan fingerprint density at radius 2 is 1.60 bits per heavy atom. The predicted octanol–water partition coefficient (Wildman–Crippen LogP) is 5.17. The molecule has 3 aromatic carbocycles. The zero-order valence-corrected chi connectivity index (χ0v) is 21.1. The summed E-state index contributed by atoms with van der Waals surface area (Å²) in [5.74, 6) is -3.49. The molecule has 0 spiro atoms. The van der Waals surface area contributed by atoms with Crippen molar-refractivity contribution in [1.29, 1.82) is 0 Å². The van der Waals surface area contributed by atoms with Crippen LogP contribution in [0.2, 0.25) is 5.02 Å². The fourth-order valence-corrected chi connectivity index (χ4v) is 5.29. The minimum Gasteiger partial charge on any atom is -0.473 e. The number of amides is 1. The maximum atomic E-state index is 13.4. The van der Waals surface area contributed by atoms with Crippen LogP contribution in [0.15, 0.2) is 65.6 Å². The van der Waals surface area contributed by atoms with E-state index in [2.05, 4.69) is 55.1 Å². The number of hydrogen-bond acceptors (Lipinski definition) is 5. The number of anilines is 1. The molecule has 0 aliphatic carbocycles. The Morgan fingerprint density at radius 3 is 2.20 bits per heavy atom. The third-order valence-corrected chi connectivity index (χ3v) is 7.27. The minimum atomic E-state index is -1.82. The molecule has 1 amide bonds. The van der Waals surface area contributed by atoms with E-state index < -0.39 is 11.9 Å². The summed E-state index contributed by atoms with van der Waals surface area (Å²) in [4.78, 5) is 37.0. The Hall–Kier alpha value is -3.07. The number of rotatable bonds is 5. The molecular weight excluding hydrogens is 488 g/mol. The number of nitrogens with zero attached hydrogens (tertiary/aromatic N) is 2. The van der Waals surface area contributed by atoms with Gasteiger partial charge in [0.1, 0.15) is 0 Å². The van der Waals surface area contributed by atoms with Crippen molar-refractivity contribution < 1.29 is 24.6 Å². The highest BCUT2D eigenvalue weighted by Crippen LogP contribution is 2.48. The normalized spacial score (nSPS) is 14.7. The molecule has 2 N–H and O–H groups in total. The van der Waals surface area contributed by atoms with Gasteiger partial charge in [-0.25, -0.2) is 9.59 Å². The van der Waals surface area contributed by atoms with Crippen molar-refractivity contribution in [3.63, 3.8) is 0 Å². The van der Waals surface area contributed by atoms with E-state index in [4.69, 9.17) is 31.4 Å². The quantitative estimate of drug-likeness (QED) is 0.453. The summed E-state index contributed by atoms with van der Waals surface area (Å²) in [5.41, 5.74) is 2.24. The van der Waals surface area contributed by atoms with Gasteiger partial charge in [0, 0.05) is 21.8 Å². The molecule has 0 aromatic heterocycles. The van der Waals surface area contributed by atoms with Crippen LogP contribution >= 0.6 is 23.4 Å². The van der Waals surface area contributed by atoms with Gasteiger partial charge in [-0.05, 0) is 42.2 Å². The average molecular weight is 515 g/mol. The van der Waals surface area contributed by atoms with Gasteiger partial charge in [-0.1, -0.05) is 67.9 Å². The van der Waals surface area contributed by atoms with Crippen LogP contribution in [0, 0.1) is 0 Å². The van der Waals surface area contributed by atoms with Crippen LogP contribution in [0.3, 0.4) is 0 Å². The summed E-state index contributed by atoms with van der Waals surface area (Å²) in [5, 5.41) is 18.0. The molecule has 1 atom stereocenters. The molecule has 184 valence electrons. The van der Waals surface area contributed by atoms with Gasteiger partial charge in [0.25, 0.3) is 0 Å². The highest BCUT2D eigenvalue weighted by Gasteiger charge is 2.32. The van der Waals surface area contributed by atoms with Crippen molar-refractivity contribution in [1.82, 2.24) is 4.90 Å². The Bertz CT molecular complexity index is 1200. The summed E-state index contributed by atoms with van der Waals surface area (Å²) < 4.78 is 0. The molecule has 9 heteroatoms. The van der Waals surface area contributed by atoms with Gasteiger partial charge in [-0.15, -0.1) is 11.8 Å². The van der Waals surface area contributed by atoms with Gasteiger partial charge in [0.05, 0.1) is 17.5 Å². The lowest BCUT2D eigenvalue weighted by atomic mass is 10.1. The van der Waals surface area contributed by atoms with E-state index in [9.17, 15) is 4.79 Å². The van der Waals surface area contributed by atoms with Crippen molar-refractivity contribution >= 4 is 57.7 Å². The Balaban J connectivity index is 0.000000509. The van der Waals surface area contributed by atoms with Crippen LogP contribution in [0.4, 0.5) is 5.69 Å². The maximum absolute atomic E-state index is 13.4. The Labute approximate surface area is 213 Å². The molecule has 0 fully saturated rings. The smallest absolute Gasteiger partial charge is 0.414 e. The fraction of sp³-hybridized carbons (Fsp3) is 0.269. The van der Waals surface area contributed by atoms with E-state index in [0.717, 1.165) is 39.5 Å². The summed E-state index contributed by atoms with van der Waals surface area (Å²) in [6.07, 6.45) is 0. The van der Waals surface area contributed by atoms with E-state index in [1.807, 2.05) is 40.9 Å². The number of carboxylic acids is 2. The number of hydrogen-bond donors (Lipinski definition) is 2. The summed E-state index contributed by atoms with van der Waals surface area (Å²) >= 11 is 7.92. The lowest BCUT2D eigenvalue weighted by Crippen LogP contribution is -2.43. The second-order valence-electron chi connectivity index (χ2n) is 7.87. The SMILES string of the molecule is CCN(CC)CC(=O)N1C[C@H](c2ccc(Cl)cc2)Sc2ccc3ccccc3c21.O=C(O)C(=O)O. The monoisotopic (exact) mass is 514 g/mol. The molecule has 0 radical (unpaired) electrons. The number of likely N-dealkylation sites (N-methyl/N-ethyl adjacent to an activating group) is 1. The van der Waals surface area contributed by atoms with Crippen molar-refractivity contribution in [2.45, 2.75) is 24.0 Å². The van der Waals surface area contributed by atoms with Crippen LogP contribution in [-0.2, 0) is 14.4 Å². The second kappa shape index (κ2) is 12.1. The van der Waals surface area contributed by atoms with Crippen LogP contribution in [0.25, 0.3) is 10.8 Å². The van der Waals surface area contributed by atoms with Gasteiger partial charge in [0.15, 0.2) is 0 Å². The van der Waals surface area contributed by atoms with Crippen LogP contribution in [0.5, 0.6) is 0 Å². The molecule has 0 saturated carbocycles. The topological polar surface area (TPSA) is 98.2 Å². The van der Waals surface area contributed by atoms with Crippen molar-refractivity contribution in [2.24, 2.45) is 0 Å².